The fraction of sp³-hybridized carbons (Fsp3) is 0.261. The number of pyridine rings is 2. The number of hydrogen-bond donors (Lipinski definition) is 1. The number of benzene rings is 1. The fourth-order valence-corrected chi connectivity index (χ4v) is 4.55. The molecule has 0 bridgehead atoms. The quantitative estimate of drug-likeness (QED) is 0.369. The number of aromatic nitrogens is 4. The van der Waals surface area contributed by atoms with E-state index in [0.717, 1.165) is 24.9 Å². The molecule has 1 saturated heterocycles. The molecular weight excluding hydrogens is 468 g/mol. The summed E-state index contributed by atoms with van der Waals surface area (Å²) in [5, 5.41) is 8.91. The molecule has 33 heavy (non-hydrogen) atoms. The zero-order chi connectivity index (χ0) is 23.1. The van der Waals surface area contributed by atoms with Crippen LogP contribution in [-0.4, -0.2) is 40.4 Å². The molecule has 1 fully saturated rings. The average molecular weight is 488 g/mol. The molecule has 0 amide bonds. The van der Waals surface area contributed by atoms with Gasteiger partial charge in [0.2, 0.25) is 0 Å². The monoisotopic (exact) mass is 487 g/mol. The molecule has 1 aromatic carbocycles. The highest BCUT2D eigenvalue weighted by molar-refractivity contribution is 6.35. The highest BCUT2D eigenvalue weighted by Gasteiger charge is 2.22. The predicted molar refractivity (Wildman–Crippen MR) is 126 cm³/mol. The molecule has 0 aliphatic carbocycles. The van der Waals surface area contributed by atoms with Crippen molar-refractivity contribution in [3.8, 4) is 22.8 Å². The maximum absolute atomic E-state index is 14.7. The van der Waals surface area contributed by atoms with E-state index in [4.69, 9.17) is 32.7 Å². The molecule has 0 saturated carbocycles. The van der Waals surface area contributed by atoms with E-state index in [2.05, 4.69) is 20.2 Å². The summed E-state index contributed by atoms with van der Waals surface area (Å²) in [4.78, 5) is 10.2. The third-order valence-electron chi connectivity index (χ3n) is 5.70. The SMILES string of the molecule is COc1cc2[nH]nc(-c3cnc(N4CCC4)c(F)c3)c2cc1OC(C)c1c(Cl)cncc1Cl. The van der Waals surface area contributed by atoms with Crippen LogP contribution in [-0.2, 0) is 0 Å². The number of fused-ring (bicyclic) bond motifs is 1. The Morgan fingerprint density at radius 1 is 1.09 bits per heavy atom. The number of nitrogens with zero attached hydrogens (tertiary/aromatic N) is 4. The van der Waals surface area contributed by atoms with E-state index in [1.807, 2.05) is 11.8 Å². The van der Waals surface area contributed by atoms with Gasteiger partial charge in [0.05, 0.1) is 22.7 Å². The van der Waals surface area contributed by atoms with Gasteiger partial charge in [-0.3, -0.25) is 10.1 Å². The summed E-state index contributed by atoms with van der Waals surface area (Å²) in [6.45, 7) is 3.47. The standard InChI is InChI=1S/C23H20Cl2FN5O2/c1-12(21-15(24)10-27-11-16(21)25)33-20-7-14-18(8-19(20)32-2)29-30-22(14)13-6-17(26)23(28-9-13)31-4-3-5-31/h6-12H,3-5H2,1-2H3,(H,29,30). The molecule has 1 aliphatic rings. The number of nitrogens with one attached hydrogen (secondary N) is 1. The minimum absolute atomic E-state index is 0.371. The second-order valence-electron chi connectivity index (χ2n) is 7.77. The van der Waals surface area contributed by atoms with Crippen LogP contribution in [0.15, 0.2) is 36.8 Å². The number of methoxy groups -OCH3 is 1. The lowest BCUT2D eigenvalue weighted by atomic mass is 10.1. The van der Waals surface area contributed by atoms with Crippen molar-refractivity contribution in [3.63, 3.8) is 0 Å². The fourth-order valence-electron chi connectivity index (χ4n) is 3.88. The molecule has 1 aliphatic heterocycles. The molecule has 0 spiro atoms. The molecule has 4 aromatic rings. The second kappa shape index (κ2) is 8.68. The van der Waals surface area contributed by atoms with Crippen molar-refractivity contribution in [2.45, 2.75) is 19.4 Å². The van der Waals surface area contributed by atoms with Gasteiger partial charge in [0, 0.05) is 54.3 Å². The van der Waals surface area contributed by atoms with Gasteiger partial charge in [-0.15, -0.1) is 0 Å². The maximum atomic E-state index is 14.7. The highest BCUT2D eigenvalue weighted by Crippen LogP contribution is 2.40. The Bertz CT molecular complexity index is 1320. The van der Waals surface area contributed by atoms with Crippen molar-refractivity contribution in [1.82, 2.24) is 20.2 Å². The first-order chi connectivity index (χ1) is 16.0. The maximum Gasteiger partial charge on any atom is 0.166 e. The molecule has 4 heterocycles. The lowest BCUT2D eigenvalue weighted by Gasteiger charge is -2.32. The lowest BCUT2D eigenvalue weighted by Crippen LogP contribution is -2.38. The van der Waals surface area contributed by atoms with Gasteiger partial charge in [-0.1, -0.05) is 23.2 Å². The smallest absolute Gasteiger partial charge is 0.166 e. The summed E-state index contributed by atoms with van der Waals surface area (Å²) in [5.41, 5.74) is 2.46. The van der Waals surface area contributed by atoms with Crippen LogP contribution in [0, 0.1) is 5.82 Å². The van der Waals surface area contributed by atoms with Gasteiger partial charge >= 0.3 is 0 Å². The normalized spacial score (nSPS) is 14.3. The molecule has 5 rings (SSSR count). The van der Waals surface area contributed by atoms with Crippen LogP contribution >= 0.6 is 23.2 Å². The second-order valence-corrected chi connectivity index (χ2v) is 8.58. The van der Waals surface area contributed by atoms with Crippen molar-refractivity contribution in [1.29, 1.82) is 0 Å². The summed E-state index contributed by atoms with van der Waals surface area (Å²) >= 11 is 12.6. The summed E-state index contributed by atoms with van der Waals surface area (Å²) in [7, 11) is 1.55. The summed E-state index contributed by atoms with van der Waals surface area (Å²) in [6.07, 6.45) is 5.23. The minimum atomic E-state index is -0.482. The van der Waals surface area contributed by atoms with Gasteiger partial charge in [0.1, 0.15) is 11.8 Å². The van der Waals surface area contributed by atoms with Crippen molar-refractivity contribution in [2.75, 3.05) is 25.1 Å². The molecule has 10 heteroatoms. The first-order valence-electron chi connectivity index (χ1n) is 10.4. The minimum Gasteiger partial charge on any atom is -0.493 e. The van der Waals surface area contributed by atoms with Crippen molar-refractivity contribution in [2.24, 2.45) is 0 Å². The van der Waals surface area contributed by atoms with E-state index in [9.17, 15) is 4.39 Å². The predicted octanol–water partition coefficient (Wildman–Crippen LogP) is 5.82. The van der Waals surface area contributed by atoms with Gasteiger partial charge in [0.25, 0.3) is 0 Å². The van der Waals surface area contributed by atoms with Crippen LogP contribution in [0.5, 0.6) is 11.5 Å². The van der Waals surface area contributed by atoms with E-state index < -0.39 is 6.10 Å². The molecule has 7 nitrogen and oxygen atoms in total. The summed E-state index contributed by atoms with van der Waals surface area (Å²) in [5.74, 6) is 0.970. The number of H-pyrrole nitrogens is 1. The number of ether oxygens (including phenoxy) is 2. The Labute approximate surface area is 199 Å². The number of aromatic amines is 1. The van der Waals surface area contributed by atoms with Gasteiger partial charge in [-0.25, -0.2) is 9.37 Å². The van der Waals surface area contributed by atoms with E-state index in [1.54, 1.807) is 25.4 Å². The molecule has 1 atom stereocenters. The van der Waals surface area contributed by atoms with E-state index >= 15 is 0 Å². The Morgan fingerprint density at radius 3 is 2.48 bits per heavy atom. The third-order valence-corrected chi connectivity index (χ3v) is 6.30. The highest BCUT2D eigenvalue weighted by atomic mass is 35.5. The number of halogens is 3. The Morgan fingerprint density at radius 2 is 1.85 bits per heavy atom. The molecule has 1 unspecified atom stereocenters. The van der Waals surface area contributed by atoms with Gasteiger partial charge < -0.3 is 14.4 Å². The summed E-state index contributed by atoms with van der Waals surface area (Å²) in [6, 6.07) is 5.04. The van der Waals surface area contributed by atoms with Crippen LogP contribution in [0.25, 0.3) is 22.2 Å². The molecule has 1 N–H and O–H groups in total. The van der Waals surface area contributed by atoms with E-state index in [-0.39, 0.29) is 5.82 Å². The molecule has 3 aromatic heterocycles. The van der Waals surface area contributed by atoms with Gasteiger partial charge in [-0.2, -0.15) is 5.10 Å². The van der Waals surface area contributed by atoms with Crippen molar-refractivity contribution >= 4 is 39.9 Å². The Balaban J connectivity index is 1.53. The summed E-state index contributed by atoms with van der Waals surface area (Å²) < 4.78 is 26.4. The van der Waals surface area contributed by atoms with Crippen LogP contribution in [0.2, 0.25) is 10.0 Å². The third kappa shape index (κ3) is 3.94. The Hall–Kier alpha value is -3.10. The topological polar surface area (TPSA) is 76.2 Å². The van der Waals surface area contributed by atoms with Crippen LogP contribution in [0.1, 0.15) is 25.0 Å². The van der Waals surface area contributed by atoms with Crippen molar-refractivity contribution in [3.05, 3.63) is 58.2 Å². The van der Waals surface area contributed by atoms with E-state index in [0.29, 0.717) is 49.7 Å². The molecule has 0 radical (unpaired) electrons. The zero-order valence-electron chi connectivity index (χ0n) is 17.9. The Kier molecular flexibility index (Phi) is 5.72. The van der Waals surface area contributed by atoms with Crippen molar-refractivity contribution < 1.29 is 13.9 Å². The zero-order valence-corrected chi connectivity index (χ0v) is 19.4. The molecule has 170 valence electrons. The lowest BCUT2D eigenvalue weighted by molar-refractivity contribution is 0.216. The number of hydrogen-bond acceptors (Lipinski definition) is 6. The van der Waals surface area contributed by atoms with Crippen LogP contribution in [0.3, 0.4) is 0 Å². The van der Waals surface area contributed by atoms with Crippen LogP contribution in [0.4, 0.5) is 10.2 Å². The number of rotatable bonds is 6. The van der Waals surface area contributed by atoms with E-state index in [1.165, 1.54) is 18.5 Å². The first-order valence-corrected chi connectivity index (χ1v) is 11.1. The van der Waals surface area contributed by atoms with Crippen LogP contribution < -0.4 is 14.4 Å². The molecular formula is C23H20Cl2FN5O2. The number of anilines is 1. The average Bonchev–Trinajstić information content (AvgIpc) is 3.16. The first kappa shape index (κ1) is 21.7. The van der Waals surface area contributed by atoms with Gasteiger partial charge in [0.15, 0.2) is 23.1 Å². The largest absolute Gasteiger partial charge is 0.493 e. The van der Waals surface area contributed by atoms with Gasteiger partial charge in [-0.05, 0) is 25.5 Å².